The van der Waals surface area contributed by atoms with E-state index in [1.807, 2.05) is 72.7 Å². The zero-order valence-corrected chi connectivity index (χ0v) is 17.4. The van der Waals surface area contributed by atoms with Gasteiger partial charge in [0.2, 0.25) is 0 Å². The normalized spacial score (nSPS) is 12.8. The molecule has 0 heterocycles. The molecule has 5 heteroatoms. The SMILES string of the molecule is CCC(O)(CC)c1ccccc1NCCC(C)(C)N(C(=O)O)C(C)(C)C. The molecule has 0 bridgehead atoms. The number of carbonyl (C=O) groups is 1. The zero-order chi connectivity index (χ0) is 20.2. The molecule has 0 aliphatic heterocycles. The van der Waals surface area contributed by atoms with E-state index in [4.69, 9.17) is 0 Å². The van der Waals surface area contributed by atoms with Crippen LogP contribution in [0, 0.1) is 0 Å². The summed E-state index contributed by atoms with van der Waals surface area (Å²) >= 11 is 0. The monoisotopic (exact) mass is 364 g/mol. The maximum absolute atomic E-state index is 11.8. The lowest BCUT2D eigenvalue weighted by molar-refractivity contribution is 0.0289. The summed E-state index contributed by atoms with van der Waals surface area (Å²) in [6.07, 6.45) is 1.03. The summed E-state index contributed by atoms with van der Waals surface area (Å²) in [5.41, 5.74) is -0.0336. The van der Waals surface area contributed by atoms with Gasteiger partial charge in [0.05, 0.1) is 5.60 Å². The van der Waals surface area contributed by atoms with Crippen molar-refractivity contribution in [2.45, 2.75) is 84.4 Å². The van der Waals surface area contributed by atoms with Crippen LogP contribution in [0.1, 0.15) is 73.3 Å². The Bertz CT molecular complexity index is 602. The van der Waals surface area contributed by atoms with Gasteiger partial charge in [-0.05, 0) is 59.9 Å². The Morgan fingerprint density at radius 3 is 2.08 bits per heavy atom. The van der Waals surface area contributed by atoms with Crippen molar-refractivity contribution >= 4 is 11.8 Å². The molecular formula is C21H36N2O3. The van der Waals surface area contributed by atoms with Gasteiger partial charge in [-0.1, -0.05) is 32.0 Å². The van der Waals surface area contributed by atoms with Gasteiger partial charge < -0.3 is 15.5 Å². The van der Waals surface area contributed by atoms with E-state index in [1.165, 1.54) is 4.90 Å². The van der Waals surface area contributed by atoms with E-state index in [0.29, 0.717) is 25.8 Å². The molecule has 148 valence electrons. The highest BCUT2D eigenvalue weighted by Gasteiger charge is 2.38. The van der Waals surface area contributed by atoms with Gasteiger partial charge in [-0.2, -0.15) is 0 Å². The Hall–Kier alpha value is -1.75. The second kappa shape index (κ2) is 8.30. The average molecular weight is 365 g/mol. The smallest absolute Gasteiger partial charge is 0.408 e. The molecule has 5 nitrogen and oxygen atoms in total. The Morgan fingerprint density at radius 2 is 1.62 bits per heavy atom. The number of aliphatic hydroxyl groups is 1. The van der Waals surface area contributed by atoms with E-state index in [1.54, 1.807) is 0 Å². The van der Waals surface area contributed by atoms with Crippen molar-refractivity contribution in [3.63, 3.8) is 0 Å². The van der Waals surface area contributed by atoms with E-state index in [2.05, 4.69) is 5.32 Å². The minimum absolute atomic E-state index is 0.474. The fraction of sp³-hybridized carbons (Fsp3) is 0.667. The van der Waals surface area contributed by atoms with Gasteiger partial charge in [0.25, 0.3) is 0 Å². The number of hydrogen-bond acceptors (Lipinski definition) is 3. The van der Waals surface area contributed by atoms with Crippen LogP contribution in [0.3, 0.4) is 0 Å². The quantitative estimate of drug-likeness (QED) is 0.603. The van der Waals surface area contributed by atoms with Crippen molar-refractivity contribution in [2.75, 3.05) is 11.9 Å². The number of para-hydroxylation sites is 1. The minimum atomic E-state index is -0.908. The third-order valence-electron chi connectivity index (χ3n) is 5.12. The number of nitrogens with zero attached hydrogens (tertiary/aromatic N) is 1. The van der Waals surface area contributed by atoms with Crippen LogP contribution < -0.4 is 5.32 Å². The third-order valence-corrected chi connectivity index (χ3v) is 5.12. The maximum atomic E-state index is 11.8. The summed E-state index contributed by atoms with van der Waals surface area (Å²) in [5, 5.41) is 23.9. The summed E-state index contributed by atoms with van der Waals surface area (Å²) in [7, 11) is 0. The molecule has 0 unspecified atom stereocenters. The van der Waals surface area contributed by atoms with Crippen LogP contribution in [0.2, 0.25) is 0 Å². The molecule has 26 heavy (non-hydrogen) atoms. The lowest BCUT2D eigenvalue weighted by atomic mass is 9.87. The second-order valence-electron chi connectivity index (χ2n) is 8.56. The van der Waals surface area contributed by atoms with E-state index >= 15 is 0 Å². The molecule has 1 rings (SSSR count). The number of rotatable bonds is 8. The van der Waals surface area contributed by atoms with Crippen LogP contribution in [0.4, 0.5) is 10.5 Å². The highest BCUT2D eigenvalue weighted by atomic mass is 16.4. The Labute approximate surface area is 158 Å². The van der Waals surface area contributed by atoms with Gasteiger partial charge >= 0.3 is 6.09 Å². The molecular weight excluding hydrogens is 328 g/mol. The van der Waals surface area contributed by atoms with Gasteiger partial charge in [-0.3, -0.25) is 4.90 Å². The molecule has 0 aliphatic rings. The van der Waals surface area contributed by atoms with Gasteiger partial charge in [-0.15, -0.1) is 0 Å². The van der Waals surface area contributed by atoms with E-state index in [9.17, 15) is 15.0 Å². The molecule has 0 fully saturated rings. The molecule has 0 saturated heterocycles. The summed E-state index contributed by atoms with van der Waals surface area (Å²) in [4.78, 5) is 13.3. The lowest BCUT2D eigenvalue weighted by Gasteiger charge is -2.45. The highest BCUT2D eigenvalue weighted by molar-refractivity contribution is 5.67. The largest absolute Gasteiger partial charge is 0.465 e. The van der Waals surface area contributed by atoms with Crippen LogP contribution in [0.5, 0.6) is 0 Å². The Balaban J connectivity index is 2.93. The highest BCUT2D eigenvalue weighted by Crippen LogP contribution is 2.34. The van der Waals surface area contributed by atoms with Crippen molar-refractivity contribution in [3.8, 4) is 0 Å². The molecule has 0 aromatic heterocycles. The van der Waals surface area contributed by atoms with Gasteiger partial charge in [0.1, 0.15) is 0 Å². The van der Waals surface area contributed by atoms with Crippen LogP contribution in [-0.4, -0.2) is 38.8 Å². The van der Waals surface area contributed by atoms with Crippen molar-refractivity contribution in [1.82, 2.24) is 4.90 Å². The summed E-state index contributed by atoms with van der Waals surface area (Å²) < 4.78 is 0. The predicted octanol–water partition coefficient (Wildman–Crippen LogP) is 5.05. The first kappa shape index (κ1) is 22.3. The van der Waals surface area contributed by atoms with Gasteiger partial charge in [-0.25, -0.2) is 4.79 Å². The van der Waals surface area contributed by atoms with Gasteiger partial charge in [0, 0.05) is 28.9 Å². The van der Waals surface area contributed by atoms with E-state index < -0.39 is 22.8 Å². The fourth-order valence-electron chi connectivity index (χ4n) is 3.74. The zero-order valence-electron chi connectivity index (χ0n) is 17.4. The Morgan fingerprint density at radius 1 is 1.08 bits per heavy atom. The van der Waals surface area contributed by atoms with Crippen molar-refractivity contribution in [3.05, 3.63) is 29.8 Å². The molecule has 0 radical (unpaired) electrons. The molecule has 1 amide bonds. The summed E-state index contributed by atoms with van der Waals surface area (Å²) in [6.45, 7) is 14.2. The summed E-state index contributed by atoms with van der Waals surface area (Å²) in [5.74, 6) is 0. The van der Waals surface area contributed by atoms with Crippen LogP contribution in [0.25, 0.3) is 0 Å². The fourth-order valence-corrected chi connectivity index (χ4v) is 3.74. The van der Waals surface area contributed by atoms with E-state index in [-0.39, 0.29) is 0 Å². The maximum Gasteiger partial charge on any atom is 0.408 e. The van der Waals surface area contributed by atoms with Crippen molar-refractivity contribution in [2.24, 2.45) is 0 Å². The number of carboxylic acid groups (broad SMARTS) is 1. The van der Waals surface area contributed by atoms with Gasteiger partial charge in [0.15, 0.2) is 0 Å². The summed E-state index contributed by atoms with van der Waals surface area (Å²) in [6, 6.07) is 7.81. The molecule has 0 atom stereocenters. The first-order valence-electron chi connectivity index (χ1n) is 9.48. The number of nitrogens with one attached hydrogen (secondary N) is 1. The topological polar surface area (TPSA) is 72.8 Å². The Kier molecular flexibility index (Phi) is 7.11. The van der Waals surface area contributed by atoms with E-state index in [0.717, 1.165) is 11.3 Å². The first-order valence-corrected chi connectivity index (χ1v) is 9.48. The molecule has 0 spiro atoms. The van der Waals surface area contributed by atoms with Crippen molar-refractivity contribution in [1.29, 1.82) is 0 Å². The first-order chi connectivity index (χ1) is 11.9. The molecule has 3 N–H and O–H groups in total. The predicted molar refractivity (Wildman–Crippen MR) is 108 cm³/mol. The number of amides is 1. The number of benzene rings is 1. The number of anilines is 1. The van der Waals surface area contributed by atoms with Crippen molar-refractivity contribution < 1.29 is 15.0 Å². The van der Waals surface area contributed by atoms with Crippen LogP contribution in [0.15, 0.2) is 24.3 Å². The molecule has 0 aliphatic carbocycles. The number of hydrogen-bond donors (Lipinski definition) is 3. The average Bonchev–Trinajstić information content (AvgIpc) is 2.52. The van der Waals surface area contributed by atoms with Crippen LogP contribution in [-0.2, 0) is 5.60 Å². The molecule has 1 aromatic rings. The minimum Gasteiger partial charge on any atom is -0.465 e. The lowest BCUT2D eigenvalue weighted by Crippen LogP contribution is -2.57. The molecule has 0 saturated carbocycles. The standard InChI is InChI=1S/C21H36N2O3/c1-8-21(26,9-2)16-12-10-11-13-17(16)22-15-14-20(6,7)23(18(24)25)19(3,4)5/h10-13,22,26H,8-9,14-15H2,1-7H3,(H,24,25). The second-order valence-corrected chi connectivity index (χ2v) is 8.56. The third kappa shape index (κ3) is 5.13. The van der Waals surface area contributed by atoms with Crippen LogP contribution >= 0.6 is 0 Å². The molecule has 1 aromatic carbocycles.